The molecule has 1 aliphatic heterocycles. The van der Waals surface area contributed by atoms with E-state index in [0.29, 0.717) is 5.69 Å². The van der Waals surface area contributed by atoms with Crippen LogP contribution >= 0.6 is 0 Å². The third kappa shape index (κ3) is 3.45. The van der Waals surface area contributed by atoms with Crippen LogP contribution in [0.4, 0.5) is 0 Å². The number of aromatic nitrogens is 3. The highest BCUT2D eigenvalue weighted by atomic mass is 16.6. The molecule has 1 aliphatic rings. The summed E-state index contributed by atoms with van der Waals surface area (Å²) in [6.07, 6.45) is 3.75. The summed E-state index contributed by atoms with van der Waals surface area (Å²) in [5.74, 6) is -0.422. The number of pyridine rings is 2. The molecule has 0 saturated carbocycles. The first-order valence-corrected chi connectivity index (χ1v) is 14.7. The molecule has 7 aromatic rings. The number of rotatable bonds is 5. The zero-order valence-corrected chi connectivity index (χ0v) is 24.0. The number of hydrogen-bond donors (Lipinski definition) is 0. The fourth-order valence-corrected chi connectivity index (χ4v) is 7.19. The van der Waals surface area contributed by atoms with Gasteiger partial charge in [0.1, 0.15) is 0 Å². The average Bonchev–Trinajstić information content (AvgIpc) is 3.67. The second-order valence-corrected chi connectivity index (χ2v) is 11.0. The molecular formula is C38H29N3O2. The summed E-state index contributed by atoms with van der Waals surface area (Å²) in [6, 6.07) is 39.5. The predicted molar refractivity (Wildman–Crippen MR) is 170 cm³/mol. The molecule has 0 radical (unpaired) electrons. The molecule has 1 atom stereocenters. The molecule has 5 nitrogen and oxygen atoms in total. The highest BCUT2D eigenvalue weighted by Gasteiger charge is 2.55. The van der Waals surface area contributed by atoms with Crippen LogP contribution in [0.2, 0.25) is 0 Å². The van der Waals surface area contributed by atoms with Gasteiger partial charge >= 0.3 is 5.97 Å². The summed E-state index contributed by atoms with van der Waals surface area (Å²) < 4.78 is 11.4. The van der Waals surface area contributed by atoms with Crippen molar-refractivity contribution in [2.75, 3.05) is 0 Å². The Morgan fingerprint density at radius 1 is 0.744 bits per heavy atom. The van der Waals surface area contributed by atoms with Gasteiger partial charge in [-0.2, -0.15) is 0 Å². The molecule has 0 spiro atoms. The van der Waals surface area contributed by atoms with Crippen molar-refractivity contribution < 1.29 is 9.53 Å². The number of nitrogens with zero attached hydrogens (tertiary/aromatic N) is 3. The molecule has 1 unspecified atom stereocenters. The Morgan fingerprint density at radius 2 is 1.40 bits per heavy atom. The molecule has 5 heteroatoms. The van der Waals surface area contributed by atoms with E-state index in [1.54, 1.807) is 6.20 Å². The lowest BCUT2D eigenvalue weighted by Crippen LogP contribution is -2.32. The van der Waals surface area contributed by atoms with E-state index in [1.165, 1.54) is 0 Å². The van der Waals surface area contributed by atoms with Gasteiger partial charge in [-0.25, -0.2) is 9.78 Å². The molecule has 0 aliphatic carbocycles. The van der Waals surface area contributed by atoms with Gasteiger partial charge < -0.3 is 13.7 Å². The Labute approximate surface area is 249 Å². The third-order valence-corrected chi connectivity index (χ3v) is 8.83. The van der Waals surface area contributed by atoms with E-state index in [9.17, 15) is 4.79 Å². The summed E-state index contributed by atoms with van der Waals surface area (Å²) in [5, 5.41) is 1.05. The van der Waals surface area contributed by atoms with Gasteiger partial charge in [0.2, 0.25) is 5.60 Å². The minimum absolute atomic E-state index is 0.349. The van der Waals surface area contributed by atoms with E-state index in [0.717, 1.165) is 67.7 Å². The minimum Gasteiger partial charge on any atom is -0.438 e. The summed E-state index contributed by atoms with van der Waals surface area (Å²) in [5.41, 5.74) is 9.13. The molecule has 8 rings (SSSR count). The standard InChI is InChI=1S/C38H29N3O2/c1-3-40-25(2)34(28-19-10-11-21-30(28)40)38(29-20-14-23-39-35(29)37(42)43-38)36-33(27-17-8-5-9-18-27)32(26-15-6-4-7-16-26)31-22-12-13-24-41(31)36/h4-24H,3H2,1-2H3. The molecule has 5 heterocycles. The predicted octanol–water partition coefficient (Wildman–Crippen LogP) is 8.41. The molecule has 208 valence electrons. The molecule has 0 amide bonds. The second kappa shape index (κ2) is 9.57. The molecule has 0 N–H and O–H groups in total. The zero-order chi connectivity index (χ0) is 29.1. The normalized spacial score (nSPS) is 16.1. The maximum atomic E-state index is 13.9. The van der Waals surface area contributed by atoms with Gasteiger partial charge in [-0.05, 0) is 49.2 Å². The number of carbonyl (C=O) groups excluding carboxylic acids is 1. The first-order chi connectivity index (χ1) is 21.1. The van der Waals surface area contributed by atoms with Gasteiger partial charge in [0, 0.05) is 57.8 Å². The van der Waals surface area contributed by atoms with Gasteiger partial charge in [-0.15, -0.1) is 0 Å². The van der Waals surface area contributed by atoms with Crippen molar-refractivity contribution in [2.24, 2.45) is 0 Å². The van der Waals surface area contributed by atoms with E-state index in [-0.39, 0.29) is 0 Å². The van der Waals surface area contributed by atoms with Crippen molar-refractivity contribution in [2.45, 2.75) is 26.0 Å². The lowest BCUT2D eigenvalue weighted by Gasteiger charge is -2.31. The van der Waals surface area contributed by atoms with Crippen LogP contribution in [0.1, 0.15) is 39.9 Å². The second-order valence-electron chi connectivity index (χ2n) is 11.0. The van der Waals surface area contributed by atoms with E-state index in [2.05, 4.69) is 119 Å². The largest absolute Gasteiger partial charge is 0.438 e. The summed E-state index contributed by atoms with van der Waals surface area (Å²) in [4.78, 5) is 18.5. The van der Waals surface area contributed by atoms with Crippen molar-refractivity contribution in [1.29, 1.82) is 0 Å². The average molecular weight is 560 g/mol. The number of cyclic esters (lactones) is 1. The van der Waals surface area contributed by atoms with E-state index in [4.69, 9.17) is 4.74 Å². The lowest BCUT2D eigenvalue weighted by atomic mass is 9.79. The number of benzene rings is 3. The van der Waals surface area contributed by atoms with Gasteiger partial charge in [-0.3, -0.25) is 0 Å². The number of para-hydroxylation sites is 1. The monoisotopic (exact) mass is 559 g/mol. The van der Waals surface area contributed by atoms with E-state index in [1.807, 2.05) is 30.3 Å². The smallest absolute Gasteiger partial charge is 0.359 e. The Hall–Kier alpha value is -5.42. The lowest BCUT2D eigenvalue weighted by molar-refractivity contribution is 0.0238. The third-order valence-electron chi connectivity index (χ3n) is 8.83. The molecule has 0 fully saturated rings. The van der Waals surface area contributed by atoms with Crippen LogP contribution in [-0.4, -0.2) is 19.9 Å². The van der Waals surface area contributed by atoms with Crippen LogP contribution in [0.25, 0.3) is 38.7 Å². The first kappa shape index (κ1) is 25.3. The number of hydrogen-bond acceptors (Lipinski definition) is 3. The molecule has 4 aromatic heterocycles. The summed E-state index contributed by atoms with van der Waals surface area (Å²) in [6.45, 7) is 5.08. The Balaban J connectivity index is 1.64. The highest BCUT2D eigenvalue weighted by molar-refractivity contribution is 6.02. The van der Waals surface area contributed by atoms with Crippen LogP contribution < -0.4 is 0 Å². The Bertz CT molecular complexity index is 2180. The maximum Gasteiger partial charge on any atom is 0.359 e. The summed E-state index contributed by atoms with van der Waals surface area (Å²) in [7, 11) is 0. The van der Waals surface area contributed by atoms with Crippen LogP contribution in [0, 0.1) is 6.92 Å². The van der Waals surface area contributed by atoms with Crippen molar-refractivity contribution in [3.8, 4) is 22.3 Å². The van der Waals surface area contributed by atoms with Gasteiger partial charge in [0.15, 0.2) is 5.69 Å². The molecule has 3 aromatic carbocycles. The van der Waals surface area contributed by atoms with Crippen molar-refractivity contribution in [3.63, 3.8) is 0 Å². The van der Waals surface area contributed by atoms with Crippen LogP contribution in [0.3, 0.4) is 0 Å². The van der Waals surface area contributed by atoms with E-state index >= 15 is 0 Å². The van der Waals surface area contributed by atoms with Gasteiger partial charge in [0.05, 0.1) is 11.2 Å². The first-order valence-electron chi connectivity index (χ1n) is 14.7. The van der Waals surface area contributed by atoms with Crippen molar-refractivity contribution >= 4 is 22.4 Å². The number of ether oxygens (including phenoxy) is 1. The van der Waals surface area contributed by atoms with E-state index < -0.39 is 11.6 Å². The van der Waals surface area contributed by atoms with Crippen LogP contribution in [0.5, 0.6) is 0 Å². The molecule has 0 saturated heterocycles. The minimum atomic E-state index is -1.27. The number of aryl methyl sites for hydroxylation is 1. The SMILES string of the molecule is CCn1c(C)c(C2(c3c(-c4ccccc4)c(-c4ccccc4)c4ccccn34)OC(=O)c3ncccc32)c2ccccc21. The maximum absolute atomic E-state index is 13.9. The fraction of sp³-hybridized carbons (Fsp3) is 0.105. The number of fused-ring (bicyclic) bond motifs is 3. The highest BCUT2D eigenvalue weighted by Crippen LogP contribution is 2.55. The number of carbonyl (C=O) groups is 1. The summed E-state index contributed by atoms with van der Waals surface area (Å²) >= 11 is 0. The zero-order valence-electron chi connectivity index (χ0n) is 24.0. The van der Waals surface area contributed by atoms with Crippen molar-refractivity contribution in [1.82, 2.24) is 14.0 Å². The molecule has 43 heavy (non-hydrogen) atoms. The van der Waals surface area contributed by atoms with Gasteiger partial charge in [0.25, 0.3) is 0 Å². The van der Waals surface area contributed by atoms with Crippen molar-refractivity contribution in [3.05, 3.63) is 156 Å². The quantitative estimate of drug-likeness (QED) is 0.199. The number of esters is 1. The Kier molecular flexibility index (Phi) is 5.63. The Morgan fingerprint density at radius 3 is 2.14 bits per heavy atom. The molecule has 0 bridgehead atoms. The van der Waals surface area contributed by atoms with Crippen LogP contribution in [0.15, 0.2) is 128 Å². The van der Waals surface area contributed by atoms with Crippen LogP contribution in [-0.2, 0) is 16.9 Å². The van der Waals surface area contributed by atoms with Gasteiger partial charge in [-0.1, -0.05) is 91.0 Å². The molecular weight excluding hydrogens is 530 g/mol. The fourth-order valence-electron chi connectivity index (χ4n) is 7.19. The topological polar surface area (TPSA) is 48.5 Å².